The van der Waals surface area contributed by atoms with Crippen molar-refractivity contribution in [3.8, 4) is 0 Å². The van der Waals surface area contributed by atoms with Crippen LogP contribution in [0.3, 0.4) is 0 Å². The molecule has 0 bridgehead atoms. The Labute approximate surface area is 157 Å². The first kappa shape index (κ1) is 20.4. The molecule has 0 aliphatic carbocycles. The van der Waals surface area contributed by atoms with Crippen molar-refractivity contribution in [1.82, 2.24) is 10.2 Å². The fourth-order valence-corrected chi connectivity index (χ4v) is 3.46. The second-order valence-corrected chi connectivity index (χ2v) is 7.66. The average Bonchev–Trinajstić information content (AvgIpc) is 3.04. The Morgan fingerprint density at radius 3 is 2.54 bits per heavy atom. The Hall–Kier alpha value is -1.88. The van der Waals surface area contributed by atoms with E-state index >= 15 is 0 Å². The van der Waals surface area contributed by atoms with E-state index in [0.29, 0.717) is 38.6 Å². The molecule has 144 valence electrons. The smallest absolute Gasteiger partial charge is 0.225 e. The summed E-state index contributed by atoms with van der Waals surface area (Å²) in [5.41, 5.74) is 2.33. The molecule has 2 atom stereocenters. The second-order valence-electron chi connectivity index (χ2n) is 7.66. The Bertz CT molecular complexity index is 598. The van der Waals surface area contributed by atoms with Crippen LogP contribution in [0.4, 0.5) is 0 Å². The molecule has 0 saturated carbocycles. The summed E-state index contributed by atoms with van der Waals surface area (Å²) in [7, 11) is 1.66. The molecule has 1 saturated heterocycles. The zero-order valence-corrected chi connectivity index (χ0v) is 16.5. The van der Waals surface area contributed by atoms with Crippen LogP contribution in [0, 0.1) is 18.8 Å². The van der Waals surface area contributed by atoms with Gasteiger partial charge >= 0.3 is 0 Å². The maximum Gasteiger partial charge on any atom is 0.225 e. The van der Waals surface area contributed by atoms with E-state index in [0.717, 1.165) is 12.0 Å². The molecule has 1 aromatic carbocycles. The number of nitrogens with one attached hydrogen (secondary N) is 1. The van der Waals surface area contributed by atoms with Crippen molar-refractivity contribution in [2.45, 2.75) is 39.5 Å². The van der Waals surface area contributed by atoms with Crippen molar-refractivity contribution >= 4 is 11.8 Å². The standard InChI is InChI=1S/C21H32N2O3/c1-15(2)12-20(24)23-13-18(17-8-6-16(3)7-9-17)19(14-23)21(25)22-10-5-11-26-4/h6-9,15,18-19H,5,10-14H2,1-4H3,(H,22,25)/t18-,19+/m1/s1. The molecule has 0 aromatic heterocycles. The first-order valence-electron chi connectivity index (χ1n) is 9.53. The quantitative estimate of drug-likeness (QED) is 0.725. The highest BCUT2D eigenvalue weighted by molar-refractivity contribution is 5.83. The maximum absolute atomic E-state index is 12.8. The monoisotopic (exact) mass is 360 g/mol. The predicted octanol–water partition coefficient (Wildman–Crippen LogP) is 2.74. The van der Waals surface area contributed by atoms with Crippen LogP contribution >= 0.6 is 0 Å². The molecule has 2 amide bonds. The Morgan fingerprint density at radius 2 is 1.92 bits per heavy atom. The third kappa shape index (κ3) is 5.56. The van der Waals surface area contributed by atoms with Gasteiger partial charge in [0.25, 0.3) is 0 Å². The van der Waals surface area contributed by atoms with Crippen LogP contribution in [0.25, 0.3) is 0 Å². The molecule has 5 heteroatoms. The highest BCUT2D eigenvalue weighted by atomic mass is 16.5. The van der Waals surface area contributed by atoms with Gasteiger partial charge in [0, 0.05) is 45.7 Å². The van der Waals surface area contributed by atoms with Gasteiger partial charge in [-0.2, -0.15) is 0 Å². The number of methoxy groups -OCH3 is 1. The van der Waals surface area contributed by atoms with E-state index in [4.69, 9.17) is 4.74 Å². The number of nitrogens with zero attached hydrogens (tertiary/aromatic N) is 1. The third-order valence-electron chi connectivity index (χ3n) is 4.92. The molecule has 0 unspecified atom stereocenters. The third-order valence-corrected chi connectivity index (χ3v) is 4.92. The molecule has 26 heavy (non-hydrogen) atoms. The van der Waals surface area contributed by atoms with Gasteiger partial charge in [-0.05, 0) is 24.8 Å². The van der Waals surface area contributed by atoms with Gasteiger partial charge in [-0.25, -0.2) is 0 Å². The van der Waals surface area contributed by atoms with Crippen molar-refractivity contribution < 1.29 is 14.3 Å². The van der Waals surface area contributed by atoms with Crippen molar-refractivity contribution in [3.63, 3.8) is 0 Å². The van der Waals surface area contributed by atoms with Crippen LogP contribution in [0.2, 0.25) is 0 Å². The van der Waals surface area contributed by atoms with E-state index in [-0.39, 0.29) is 23.7 Å². The SMILES string of the molecule is COCCCNC(=O)[C@H]1CN(C(=O)CC(C)C)C[C@@H]1c1ccc(C)cc1. The van der Waals surface area contributed by atoms with E-state index in [9.17, 15) is 9.59 Å². The molecule has 0 radical (unpaired) electrons. The first-order valence-corrected chi connectivity index (χ1v) is 9.53. The summed E-state index contributed by atoms with van der Waals surface area (Å²) in [5, 5.41) is 3.01. The van der Waals surface area contributed by atoms with Gasteiger partial charge in [-0.3, -0.25) is 9.59 Å². The van der Waals surface area contributed by atoms with Crippen LogP contribution in [-0.4, -0.2) is 50.1 Å². The van der Waals surface area contributed by atoms with E-state index < -0.39 is 0 Å². The Kier molecular flexibility index (Phi) is 7.64. The fraction of sp³-hybridized carbons (Fsp3) is 0.619. The van der Waals surface area contributed by atoms with Crippen LogP contribution < -0.4 is 5.32 Å². The molecule has 5 nitrogen and oxygen atoms in total. The molecular weight excluding hydrogens is 328 g/mol. The topological polar surface area (TPSA) is 58.6 Å². The molecule has 2 rings (SSSR count). The lowest BCUT2D eigenvalue weighted by Crippen LogP contribution is -2.36. The van der Waals surface area contributed by atoms with Gasteiger partial charge in [0.2, 0.25) is 11.8 Å². The normalized spacial score (nSPS) is 19.8. The maximum atomic E-state index is 12.8. The second kappa shape index (κ2) is 9.72. The zero-order valence-electron chi connectivity index (χ0n) is 16.5. The van der Waals surface area contributed by atoms with Crippen LogP contribution in [0.5, 0.6) is 0 Å². The molecular formula is C21H32N2O3. The number of hydrogen-bond donors (Lipinski definition) is 1. The minimum absolute atomic E-state index is 0.0338. The summed E-state index contributed by atoms with van der Waals surface area (Å²) < 4.78 is 5.03. The minimum Gasteiger partial charge on any atom is -0.385 e. The van der Waals surface area contributed by atoms with Crippen LogP contribution in [0.1, 0.15) is 43.7 Å². The highest BCUT2D eigenvalue weighted by Crippen LogP contribution is 2.33. The van der Waals surface area contributed by atoms with Gasteiger partial charge in [0.05, 0.1) is 5.92 Å². The molecule has 1 fully saturated rings. The summed E-state index contributed by atoms with van der Waals surface area (Å²) >= 11 is 0. The summed E-state index contributed by atoms with van der Waals surface area (Å²) in [6.45, 7) is 8.49. The Morgan fingerprint density at radius 1 is 1.23 bits per heavy atom. The average molecular weight is 360 g/mol. The van der Waals surface area contributed by atoms with E-state index in [1.165, 1.54) is 5.56 Å². The van der Waals surface area contributed by atoms with Gasteiger partial charge < -0.3 is 15.0 Å². The number of amides is 2. The Balaban J connectivity index is 2.10. The van der Waals surface area contributed by atoms with Crippen LogP contribution in [0.15, 0.2) is 24.3 Å². The van der Waals surface area contributed by atoms with E-state index in [2.05, 4.69) is 36.5 Å². The van der Waals surface area contributed by atoms with Crippen molar-refractivity contribution in [3.05, 3.63) is 35.4 Å². The lowest BCUT2D eigenvalue weighted by molar-refractivity contribution is -0.131. The lowest BCUT2D eigenvalue weighted by Gasteiger charge is -2.18. The number of carbonyl (C=O) groups excluding carboxylic acids is 2. The predicted molar refractivity (Wildman–Crippen MR) is 103 cm³/mol. The molecule has 1 aromatic rings. The lowest BCUT2D eigenvalue weighted by atomic mass is 9.88. The fourth-order valence-electron chi connectivity index (χ4n) is 3.46. The van der Waals surface area contributed by atoms with E-state index in [1.54, 1.807) is 7.11 Å². The van der Waals surface area contributed by atoms with Gasteiger partial charge in [0.15, 0.2) is 0 Å². The minimum atomic E-state index is -0.198. The highest BCUT2D eigenvalue weighted by Gasteiger charge is 2.40. The van der Waals surface area contributed by atoms with Crippen molar-refractivity contribution in [2.75, 3.05) is 33.4 Å². The summed E-state index contributed by atoms with van der Waals surface area (Å²) in [5.74, 6) is 0.353. The molecule has 1 heterocycles. The number of rotatable bonds is 8. The summed E-state index contributed by atoms with van der Waals surface area (Å²) in [6.07, 6.45) is 1.32. The number of benzene rings is 1. The largest absolute Gasteiger partial charge is 0.385 e. The number of aryl methyl sites for hydroxylation is 1. The number of hydrogen-bond acceptors (Lipinski definition) is 3. The van der Waals surface area contributed by atoms with Gasteiger partial charge in [-0.1, -0.05) is 43.7 Å². The van der Waals surface area contributed by atoms with Gasteiger partial charge in [0.1, 0.15) is 0 Å². The zero-order chi connectivity index (χ0) is 19.1. The first-order chi connectivity index (χ1) is 12.4. The number of carbonyl (C=O) groups is 2. The molecule has 0 spiro atoms. The van der Waals surface area contributed by atoms with Gasteiger partial charge in [-0.15, -0.1) is 0 Å². The molecule has 1 aliphatic heterocycles. The van der Waals surface area contributed by atoms with Crippen molar-refractivity contribution in [2.24, 2.45) is 11.8 Å². The molecule has 1 aliphatic rings. The van der Waals surface area contributed by atoms with E-state index in [1.807, 2.05) is 18.7 Å². The molecule has 1 N–H and O–H groups in total. The summed E-state index contributed by atoms with van der Waals surface area (Å²) in [6, 6.07) is 8.31. The number of likely N-dealkylation sites (tertiary alicyclic amines) is 1. The number of ether oxygens (including phenoxy) is 1. The van der Waals surface area contributed by atoms with Crippen LogP contribution in [-0.2, 0) is 14.3 Å². The van der Waals surface area contributed by atoms with Crippen molar-refractivity contribution in [1.29, 1.82) is 0 Å². The summed E-state index contributed by atoms with van der Waals surface area (Å²) in [4.78, 5) is 27.2.